The molecule has 0 radical (unpaired) electrons. The Bertz CT molecular complexity index is 1140. The molecule has 7 heteroatoms. The molecule has 2 aromatic carbocycles. The maximum Gasteiger partial charge on any atom is 0.257 e. The lowest BCUT2D eigenvalue weighted by molar-refractivity contribution is -0.113. The van der Waals surface area contributed by atoms with Gasteiger partial charge in [0.2, 0.25) is 0 Å². The molecule has 0 bridgehead atoms. The Kier molecular flexibility index (Phi) is 5.37. The Hall–Kier alpha value is -3.45. The summed E-state index contributed by atoms with van der Waals surface area (Å²) in [6, 6.07) is 19.0. The van der Waals surface area contributed by atoms with Crippen LogP contribution in [0, 0.1) is 13.8 Å². The topological polar surface area (TPSA) is 70.4 Å². The van der Waals surface area contributed by atoms with Gasteiger partial charge in [-0.1, -0.05) is 47.6 Å². The van der Waals surface area contributed by atoms with Crippen LogP contribution in [0.1, 0.15) is 29.9 Å². The van der Waals surface area contributed by atoms with Gasteiger partial charge in [0.1, 0.15) is 5.76 Å². The molecule has 152 valence electrons. The minimum absolute atomic E-state index is 0.259. The van der Waals surface area contributed by atoms with Crippen LogP contribution in [0.4, 0.5) is 11.5 Å². The standard InChI is InChI=1S/C23H22N4O2S/c1-14-9-7-8-12-18(14)21-20(22(28)24-19-13-15(2)29-26-19)16(3)27(23(30)25-21)17-10-5-4-6-11-17/h4-13,21H,1-3H3,(H,25,30)(H,24,26,28). The molecule has 0 saturated carbocycles. The van der Waals surface area contributed by atoms with Crippen molar-refractivity contribution < 1.29 is 9.32 Å². The number of aryl methyl sites for hydroxylation is 2. The van der Waals surface area contributed by atoms with Crippen LogP contribution in [0.15, 0.2) is 76.5 Å². The van der Waals surface area contributed by atoms with E-state index in [-0.39, 0.29) is 11.9 Å². The third-order valence-electron chi connectivity index (χ3n) is 5.11. The molecule has 1 aliphatic heterocycles. The summed E-state index contributed by atoms with van der Waals surface area (Å²) in [5.41, 5.74) is 4.28. The Balaban J connectivity index is 1.82. The van der Waals surface area contributed by atoms with Gasteiger partial charge in [-0.05, 0) is 56.2 Å². The Labute approximate surface area is 180 Å². The van der Waals surface area contributed by atoms with Gasteiger partial charge in [-0.15, -0.1) is 0 Å². The number of hydrogen-bond donors (Lipinski definition) is 2. The van der Waals surface area contributed by atoms with Gasteiger partial charge in [0.05, 0.1) is 11.6 Å². The number of amides is 1. The van der Waals surface area contributed by atoms with Crippen LogP contribution >= 0.6 is 12.2 Å². The first kappa shape index (κ1) is 19.8. The van der Waals surface area contributed by atoms with Gasteiger partial charge < -0.3 is 15.2 Å². The van der Waals surface area contributed by atoms with Crippen molar-refractivity contribution in [3.8, 4) is 0 Å². The fraction of sp³-hybridized carbons (Fsp3) is 0.174. The van der Waals surface area contributed by atoms with E-state index in [1.807, 2.05) is 73.3 Å². The van der Waals surface area contributed by atoms with E-state index in [1.165, 1.54) is 0 Å². The van der Waals surface area contributed by atoms with Gasteiger partial charge >= 0.3 is 0 Å². The summed E-state index contributed by atoms with van der Waals surface area (Å²) in [5, 5.41) is 10.7. The average Bonchev–Trinajstić information content (AvgIpc) is 3.13. The molecule has 0 spiro atoms. The van der Waals surface area contributed by atoms with Crippen molar-refractivity contribution in [1.82, 2.24) is 10.5 Å². The zero-order chi connectivity index (χ0) is 21.3. The van der Waals surface area contributed by atoms with Crippen molar-refractivity contribution in [1.29, 1.82) is 0 Å². The first-order valence-corrected chi connectivity index (χ1v) is 10.0. The van der Waals surface area contributed by atoms with Crippen LogP contribution in [-0.2, 0) is 4.79 Å². The molecule has 6 nitrogen and oxygen atoms in total. The quantitative estimate of drug-likeness (QED) is 0.602. The minimum atomic E-state index is -0.383. The second-order valence-corrected chi connectivity index (χ2v) is 7.57. The second kappa shape index (κ2) is 8.12. The molecular weight excluding hydrogens is 396 g/mol. The van der Waals surface area contributed by atoms with Gasteiger partial charge in [-0.25, -0.2) is 0 Å². The first-order chi connectivity index (χ1) is 14.5. The van der Waals surface area contributed by atoms with E-state index in [2.05, 4.69) is 15.8 Å². The van der Waals surface area contributed by atoms with Crippen molar-refractivity contribution in [3.05, 3.63) is 88.8 Å². The lowest BCUT2D eigenvalue weighted by atomic mass is 9.91. The highest BCUT2D eigenvalue weighted by atomic mass is 32.1. The summed E-state index contributed by atoms with van der Waals surface area (Å²) in [6.45, 7) is 5.71. The number of rotatable bonds is 4. The molecule has 0 aliphatic carbocycles. The maximum absolute atomic E-state index is 13.4. The third-order valence-corrected chi connectivity index (χ3v) is 5.41. The molecule has 0 saturated heterocycles. The molecule has 0 fully saturated rings. The number of carbonyl (C=O) groups excluding carboxylic acids is 1. The number of nitrogens with zero attached hydrogens (tertiary/aromatic N) is 2. The van der Waals surface area contributed by atoms with Crippen molar-refractivity contribution in [2.45, 2.75) is 26.8 Å². The van der Waals surface area contributed by atoms with Gasteiger partial charge in [0, 0.05) is 17.5 Å². The molecule has 1 unspecified atom stereocenters. The molecule has 1 aliphatic rings. The molecule has 1 atom stereocenters. The highest BCUT2D eigenvalue weighted by Crippen LogP contribution is 2.35. The molecule has 30 heavy (non-hydrogen) atoms. The van der Waals surface area contributed by atoms with Crippen LogP contribution in [-0.4, -0.2) is 16.2 Å². The summed E-state index contributed by atoms with van der Waals surface area (Å²) >= 11 is 5.70. The van der Waals surface area contributed by atoms with Gasteiger partial charge in [0.25, 0.3) is 5.91 Å². The van der Waals surface area contributed by atoms with E-state index in [0.717, 1.165) is 22.5 Å². The molecule has 2 heterocycles. The summed E-state index contributed by atoms with van der Waals surface area (Å²) in [7, 11) is 0. The Morgan fingerprint density at radius 3 is 2.47 bits per heavy atom. The number of carbonyl (C=O) groups is 1. The molecule has 1 aromatic heterocycles. The number of anilines is 2. The highest BCUT2D eigenvalue weighted by Gasteiger charge is 2.35. The second-order valence-electron chi connectivity index (χ2n) is 7.19. The largest absolute Gasteiger partial charge is 0.360 e. The summed E-state index contributed by atoms with van der Waals surface area (Å²) in [6.07, 6.45) is 0. The summed E-state index contributed by atoms with van der Waals surface area (Å²) in [4.78, 5) is 15.3. The lowest BCUT2D eigenvalue weighted by Gasteiger charge is -2.38. The zero-order valence-electron chi connectivity index (χ0n) is 17.0. The van der Waals surface area contributed by atoms with Gasteiger partial charge in [0.15, 0.2) is 10.9 Å². The monoisotopic (exact) mass is 418 g/mol. The van der Waals surface area contributed by atoms with E-state index >= 15 is 0 Å². The van der Waals surface area contributed by atoms with Crippen LogP contribution in [0.5, 0.6) is 0 Å². The maximum atomic E-state index is 13.4. The number of hydrogen-bond acceptors (Lipinski definition) is 4. The van der Waals surface area contributed by atoms with Crippen molar-refractivity contribution >= 4 is 34.7 Å². The zero-order valence-corrected chi connectivity index (χ0v) is 17.8. The van der Waals surface area contributed by atoms with Crippen LogP contribution in [0.25, 0.3) is 0 Å². The fourth-order valence-corrected chi connectivity index (χ4v) is 4.04. The lowest BCUT2D eigenvalue weighted by Crippen LogP contribution is -2.48. The van der Waals surface area contributed by atoms with Crippen LogP contribution in [0.2, 0.25) is 0 Å². The Morgan fingerprint density at radius 2 is 1.80 bits per heavy atom. The minimum Gasteiger partial charge on any atom is -0.360 e. The van der Waals surface area contributed by atoms with Crippen molar-refractivity contribution in [3.63, 3.8) is 0 Å². The van der Waals surface area contributed by atoms with E-state index in [9.17, 15) is 4.79 Å². The Morgan fingerprint density at radius 1 is 1.10 bits per heavy atom. The van der Waals surface area contributed by atoms with E-state index in [4.69, 9.17) is 16.7 Å². The van der Waals surface area contributed by atoms with Crippen molar-refractivity contribution in [2.24, 2.45) is 0 Å². The van der Waals surface area contributed by atoms with Crippen LogP contribution < -0.4 is 15.5 Å². The normalized spacial score (nSPS) is 16.4. The molecule has 1 amide bonds. The molecule has 2 N–H and O–H groups in total. The number of thiocarbonyl (C=S) groups is 1. The molecule has 4 rings (SSSR count). The summed E-state index contributed by atoms with van der Waals surface area (Å²) < 4.78 is 5.09. The average molecular weight is 419 g/mol. The summed E-state index contributed by atoms with van der Waals surface area (Å²) in [5.74, 6) is 0.742. The predicted molar refractivity (Wildman–Crippen MR) is 121 cm³/mol. The fourth-order valence-electron chi connectivity index (χ4n) is 3.68. The van der Waals surface area contributed by atoms with E-state index in [1.54, 1.807) is 13.0 Å². The number of aromatic nitrogens is 1. The van der Waals surface area contributed by atoms with Gasteiger partial charge in [-0.3, -0.25) is 9.69 Å². The number of nitrogens with one attached hydrogen (secondary N) is 2. The number of para-hydroxylation sites is 1. The van der Waals surface area contributed by atoms with Crippen LogP contribution in [0.3, 0.4) is 0 Å². The van der Waals surface area contributed by atoms with Gasteiger partial charge in [-0.2, -0.15) is 0 Å². The predicted octanol–water partition coefficient (Wildman–Crippen LogP) is 4.64. The number of benzene rings is 2. The van der Waals surface area contributed by atoms with E-state index < -0.39 is 0 Å². The first-order valence-electron chi connectivity index (χ1n) is 9.62. The molecular formula is C23H22N4O2S. The van der Waals surface area contributed by atoms with Crippen molar-refractivity contribution in [2.75, 3.05) is 10.2 Å². The highest BCUT2D eigenvalue weighted by molar-refractivity contribution is 7.80. The number of allylic oxidation sites excluding steroid dienone is 1. The SMILES string of the molecule is CC1=C(C(=O)Nc2cc(C)on2)C(c2ccccc2C)NC(=S)N1c1ccccc1. The third kappa shape index (κ3) is 3.71. The van der Waals surface area contributed by atoms with E-state index in [0.29, 0.717) is 22.3 Å². The molecule has 3 aromatic rings. The smallest absolute Gasteiger partial charge is 0.257 e.